The molecule has 0 aliphatic carbocycles. The topological polar surface area (TPSA) is 61.4 Å². The summed E-state index contributed by atoms with van der Waals surface area (Å²) in [7, 11) is 0. The van der Waals surface area contributed by atoms with E-state index in [1.165, 1.54) is 17.7 Å². The first-order valence-corrected chi connectivity index (χ1v) is 11.1. The molecule has 3 rings (SSSR count). The monoisotopic (exact) mass is 447 g/mol. The molecule has 0 aromatic heterocycles. The van der Waals surface area contributed by atoms with Gasteiger partial charge in [0.25, 0.3) is 0 Å². The van der Waals surface area contributed by atoms with Crippen LogP contribution < -0.4 is 15.5 Å². The minimum Gasteiger partial charge on any atom is -0.355 e. The van der Waals surface area contributed by atoms with E-state index in [0.717, 1.165) is 17.5 Å². The van der Waals surface area contributed by atoms with E-state index < -0.39 is 0 Å². The van der Waals surface area contributed by atoms with Gasteiger partial charge >= 0.3 is 6.03 Å². The number of hydrogen-bond acceptors (Lipinski definition) is 2. The van der Waals surface area contributed by atoms with Crippen LogP contribution in [0, 0.1) is 5.82 Å². The van der Waals surface area contributed by atoms with Crippen LogP contribution in [0.5, 0.6) is 0 Å². The smallest absolute Gasteiger partial charge is 0.322 e. The number of amides is 3. The number of benzene rings is 3. The fraction of sp³-hybridized carbons (Fsp3) is 0.259. The average molecular weight is 448 g/mol. The van der Waals surface area contributed by atoms with Crippen molar-refractivity contribution in [2.75, 3.05) is 11.4 Å². The second-order valence-electron chi connectivity index (χ2n) is 8.25. The van der Waals surface area contributed by atoms with Crippen molar-refractivity contribution in [2.24, 2.45) is 0 Å². The number of nitrogens with one attached hydrogen (secondary N) is 2. The molecule has 0 spiro atoms. The van der Waals surface area contributed by atoms with Crippen LogP contribution in [0.4, 0.5) is 14.9 Å². The fourth-order valence-electron chi connectivity index (χ4n) is 3.45. The van der Waals surface area contributed by atoms with E-state index in [1.54, 1.807) is 17.0 Å². The first-order valence-electron chi connectivity index (χ1n) is 11.1. The molecule has 0 aliphatic heterocycles. The van der Waals surface area contributed by atoms with Gasteiger partial charge in [0.1, 0.15) is 5.82 Å². The van der Waals surface area contributed by atoms with E-state index in [1.807, 2.05) is 68.4 Å². The molecular formula is C27H30FN3O2. The van der Waals surface area contributed by atoms with Crippen molar-refractivity contribution >= 4 is 17.6 Å². The minimum atomic E-state index is -0.322. The lowest BCUT2D eigenvalue weighted by Gasteiger charge is -2.25. The van der Waals surface area contributed by atoms with E-state index in [-0.39, 0.29) is 36.8 Å². The zero-order valence-electron chi connectivity index (χ0n) is 19.1. The Balaban J connectivity index is 1.67. The van der Waals surface area contributed by atoms with Crippen LogP contribution in [0.25, 0.3) is 0 Å². The van der Waals surface area contributed by atoms with Crippen molar-refractivity contribution < 1.29 is 14.0 Å². The number of halogens is 1. The summed E-state index contributed by atoms with van der Waals surface area (Å²) in [6, 6.07) is 23.2. The molecule has 3 amide bonds. The third-order valence-corrected chi connectivity index (χ3v) is 5.08. The lowest BCUT2D eigenvalue weighted by molar-refractivity contribution is -0.120. The molecule has 6 heteroatoms. The van der Waals surface area contributed by atoms with E-state index in [0.29, 0.717) is 12.2 Å². The maximum atomic E-state index is 13.3. The number of rotatable bonds is 9. The number of nitrogens with zero attached hydrogens (tertiary/aromatic N) is 1. The molecule has 2 N–H and O–H groups in total. The maximum Gasteiger partial charge on any atom is 0.322 e. The Morgan fingerprint density at radius 2 is 1.58 bits per heavy atom. The molecular weight excluding hydrogens is 417 g/mol. The van der Waals surface area contributed by atoms with Crippen molar-refractivity contribution in [3.8, 4) is 0 Å². The fourth-order valence-corrected chi connectivity index (χ4v) is 3.45. The Bertz CT molecular complexity index is 1050. The van der Waals surface area contributed by atoms with E-state index in [2.05, 4.69) is 10.6 Å². The van der Waals surface area contributed by atoms with Crippen molar-refractivity contribution in [3.05, 3.63) is 101 Å². The van der Waals surface area contributed by atoms with Crippen LogP contribution in [0.3, 0.4) is 0 Å². The molecule has 0 unspecified atom stereocenters. The molecule has 0 heterocycles. The summed E-state index contributed by atoms with van der Waals surface area (Å²) in [5.41, 5.74) is 3.46. The van der Waals surface area contributed by atoms with Crippen LogP contribution >= 0.6 is 0 Å². The van der Waals surface area contributed by atoms with Gasteiger partial charge in [-0.3, -0.25) is 9.69 Å². The van der Waals surface area contributed by atoms with Gasteiger partial charge in [0.15, 0.2) is 0 Å². The van der Waals surface area contributed by atoms with Crippen molar-refractivity contribution in [1.29, 1.82) is 0 Å². The van der Waals surface area contributed by atoms with Crippen LogP contribution in [0.1, 0.15) is 30.5 Å². The first kappa shape index (κ1) is 24.0. The third kappa shape index (κ3) is 7.75. The molecule has 3 aromatic carbocycles. The summed E-state index contributed by atoms with van der Waals surface area (Å²) < 4.78 is 13.3. The van der Waals surface area contributed by atoms with Crippen LogP contribution in [-0.4, -0.2) is 24.5 Å². The number of anilines is 1. The highest BCUT2D eigenvalue weighted by atomic mass is 19.1. The van der Waals surface area contributed by atoms with Crippen LogP contribution in [0.15, 0.2) is 78.9 Å². The highest BCUT2D eigenvalue weighted by Gasteiger charge is 2.18. The van der Waals surface area contributed by atoms with E-state index >= 15 is 0 Å². The molecule has 0 fully saturated rings. The predicted molar refractivity (Wildman–Crippen MR) is 130 cm³/mol. The minimum absolute atomic E-state index is 0.0354. The molecule has 33 heavy (non-hydrogen) atoms. The van der Waals surface area contributed by atoms with E-state index in [4.69, 9.17) is 0 Å². The Kier molecular flexibility index (Phi) is 8.58. The summed E-state index contributed by atoms with van der Waals surface area (Å²) in [5, 5.41) is 5.87. The largest absolute Gasteiger partial charge is 0.355 e. The van der Waals surface area contributed by atoms with Gasteiger partial charge < -0.3 is 10.6 Å². The van der Waals surface area contributed by atoms with Gasteiger partial charge in [-0.1, -0.05) is 54.6 Å². The summed E-state index contributed by atoms with van der Waals surface area (Å²) in [6.07, 6.45) is 0.992. The summed E-state index contributed by atoms with van der Waals surface area (Å²) in [6.45, 7) is 4.63. The molecule has 0 bridgehead atoms. The Hall–Kier alpha value is -3.67. The molecule has 172 valence electrons. The highest BCUT2D eigenvalue weighted by molar-refractivity contribution is 5.92. The summed E-state index contributed by atoms with van der Waals surface area (Å²) in [4.78, 5) is 26.9. The van der Waals surface area contributed by atoms with Crippen LogP contribution in [0.2, 0.25) is 0 Å². The molecule has 5 nitrogen and oxygen atoms in total. The average Bonchev–Trinajstić information content (AvgIpc) is 2.79. The van der Waals surface area contributed by atoms with Crippen LogP contribution in [-0.2, 0) is 24.2 Å². The van der Waals surface area contributed by atoms with Gasteiger partial charge in [0.05, 0.1) is 13.0 Å². The second kappa shape index (κ2) is 11.8. The zero-order chi connectivity index (χ0) is 23.6. The second-order valence-corrected chi connectivity index (χ2v) is 8.25. The quantitative estimate of drug-likeness (QED) is 0.493. The van der Waals surface area contributed by atoms with Gasteiger partial charge in [-0.15, -0.1) is 0 Å². The third-order valence-electron chi connectivity index (χ3n) is 5.08. The molecule has 0 aliphatic rings. The lowest BCUT2D eigenvalue weighted by atomic mass is 10.1. The summed E-state index contributed by atoms with van der Waals surface area (Å²) >= 11 is 0. The normalized spacial score (nSPS) is 10.7. The first-order chi connectivity index (χ1) is 15.9. The number of urea groups is 1. The van der Waals surface area contributed by atoms with E-state index in [9.17, 15) is 14.0 Å². The van der Waals surface area contributed by atoms with Gasteiger partial charge in [-0.25, -0.2) is 9.18 Å². The number of hydrogen-bond donors (Lipinski definition) is 2. The maximum absolute atomic E-state index is 13.3. The van der Waals surface area contributed by atoms with Gasteiger partial charge in [0.2, 0.25) is 5.91 Å². The van der Waals surface area contributed by atoms with Gasteiger partial charge in [0, 0.05) is 18.3 Å². The number of carbonyl (C=O) groups is 2. The Labute approximate surface area is 194 Å². The standard InChI is InChI=1S/C27H30FN3O2/c1-20(2)30-27(33)31(19-22-11-13-24(28)14-12-22)25-10-6-9-23(17-25)18-26(32)29-16-15-21-7-4-3-5-8-21/h3-14,17,20H,15-16,18-19H2,1-2H3,(H,29,32)(H,30,33). The Morgan fingerprint density at radius 3 is 2.27 bits per heavy atom. The predicted octanol–water partition coefficient (Wildman–Crippen LogP) is 4.85. The highest BCUT2D eigenvalue weighted by Crippen LogP contribution is 2.20. The molecule has 3 aromatic rings. The van der Waals surface area contributed by atoms with Gasteiger partial charge in [-0.05, 0) is 61.2 Å². The Morgan fingerprint density at radius 1 is 0.879 bits per heavy atom. The molecule has 0 radical (unpaired) electrons. The lowest BCUT2D eigenvalue weighted by Crippen LogP contribution is -2.42. The molecule has 0 saturated heterocycles. The molecule has 0 atom stereocenters. The van der Waals surface area contributed by atoms with Crippen molar-refractivity contribution in [3.63, 3.8) is 0 Å². The SMILES string of the molecule is CC(C)NC(=O)N(Cc1ccc(F)cc1)c1cccc(CC(=O)NCCc2ccccc2)c1. The zero-order valence-corrected chi connectivity index (χ0v) is 19.1. The summed E-state index contributed by atoms with van der Waals surface area (Å²) in [5.74, 6) is -0.392. The number of carbonyl (C=O) groups excluding carboxylic acids is 2. The molecule has 0 saturated carbocycles. The van der Waals surface area contributed by atoms with Gasteiger partial charge in [-0.2, -0.15) is 0 Å². The van der Waals surface area contributed by atoms with Crippen molar-refractivity contribution in [1.82, 2.24) is 10.6 Å². The van der Waals surface area contributed by atoms with Crippen molar-refractivity contribution in [2.45, 2.75) is 39.3 Å².